The van der Waals surface area contributed by atoms with Crippen LogP contribution in [0.4, 0.5) is 4.79 Å². The maximum absolute atomic E-state index is 12.0. The summed E-state index contributed by atoms with van der Waals surface area (Å²) in [6.45, 7) is 0.256. The fourth-order valence-electron chi connectivity index (χ4n) is 2.70. The Morgan fingerprint density at radius 2 is 1.69 bits per heavy atom. The van der Waals surface area contributed by atoms with Crippen molar-refractivity contribution in [1.82, 2.24) is 10.6 Å². The summed E-state index contributed by atoms with van der Waals surface area (Å²) < 4.78 is 33.0. The molecule has 158 valence electrons. The summed E-state index contributed by atoms with van der Waals surface area (Å²) in [7, 11) is -0.0595. The lowest BCUT2D eigenvalue weighted by molar-refractivity contribution is 0.169. The summed E-state index contributed by atoms with van der Waals surface area (Å²) in [6, 6.07) is 11.6. The van der Waals surface area contributed by atoms with Crippen molar-refractivity contribution in [3.05, 3.63) is 59.2 Å². The number of benzene rings is 2. The Hall–Kier alpha value is -2.78. The van der Waals surface area contributed by atoms with Crippen LogP contribution < -0.4 is 20.1 Å². The SMILES string of the molecule is COc1ccc(OC)c(C(O)CNC(=O)NCc2ccc(CS(C)(=O)=O)cc2)c1. The lowest BCUT2D eigenvalue weighted by Gasteiger charge is -2.17. The van der Waals surface area contributed by atoms with Gasteiger partial charge in [-0.1, -0.05) is 24.3 Å². The second kappa shape index (κ2) is 10.1. The standard InChI is InChI=1S/C20H26N2O6S/c1-27-16-8-9-19(28-2)17(10-16)18(23)12-22-20(24)21-11-14-4-6-15(7-5-14)13-29(3,25)26/h4-10,18,23H,11-13H2,1-3H3,(H2,21,22,24). The first-order valence-corrected chi connectivity index (χ1v) is 10.9. The smallest absolute Gasteiger partial charge is 0.315 e. The summed E-state index contributed by atoms with van der Waals surface area (Å²) in [4.78, 5) is 12.0. The summed E-state index contributed by atoms with van der Waals surface area (Å²) >= 11 is 0. The van der Waals surface area contributed by atoms with Crippen LogP contribution in [-0.4, -0.2) is 46.6 Å². The number of aliphatic hydroxyl groups excluding tert-OH is 1. The molecular formula is C20H26N2O6S. The molecule has 0 aromatic heterocycles. The van der Waals surface area contributed by atoms with Crippen molar-refractivity contribution in [2.24, 2.45) is 0 Å². The maximum atomic E-state index is 12.0. The third kappa shape index (κ3) is 7.28. The van der Waals surface area contributed by atoms with E-state index in [0.29, 0.717) is 22.6 Å². The molecule has 0 bridgehead atoms. The summed E-state index contributed by atoms with van der Waals surface area (Å²) in [6.07, 6.45) is 0.212. The number of hydrogen-bond donors (Lipinski definition) is 3. The molecule has 0 saturated carbocycles. The minimum Gasteiger partial charge on any atom is -0.497 e. The van der Waals surface area contributed by atoms with Crippen LogP contribution in [0.15, 0.2) is 42.5 Å². The van der Waals surface area contributed by atoms with E-state index < -0.39 is 22.0 Å². The zero-order valence-electron chi connectivity index (χ0n) is 16.6. The van der Waals surface area contributed by atoms with E-state index in [0.717, 1.165) is 5.56 Å². The molecule has 0 heterocycles. The van der Waals surface area contributed by atoms with Crippen molar-refractivity contribution < 1.29 is 27.8 Å². The number of amides is 2. The normalized spacial score (nSPS) is 12.1. The van der Waals surface area contributed by atoms with Crippen molar-refractivity contribution in [3.63, 3.8) is 0 Å². The fraction of sp³-hybridized carbons (Fsp3) is 0.350. The topological polar surface area (TPSA) is 114 Å². The Kier molecular flexibility index (Phi) is 7.86. The molecule has 2 aromatic rings. The lowest BCUT2D eigenvalue weighted by Crippen LogP contribution is -2.37. The van der Waals surface area contributed by atoms with Gasteiger partial charge in [-0.05, 0) is 29.3 Å². The zero-order valence-corrected chi connectivity index (χ0v) is 17.5. The van der Waals surface area contributed by atoms with Gasteiger partial charge in [-0.2, -0.15) is 0 Å². The number of urea groups is 1. The van der Waals surface area contributed by atoms with E-state index in [2.05, 4.69) is 10.6 Å². The summed E-state index contributed by atoms with van der Waals surface area (Å²) in [5.41, 5.74) is 2.03. The minimum atomic E-state index is -3.08. The Morgan fingerprint density at radius 1 is 1.03 bits per heavy atom. The second-order valence-corrected chi connectivity index (χ2v) is 8.71. The van der Waals surface area contributed by atoms with Crippen LogP contribution in [0.2, 0.25) is 0 Å². The number of ether oxygens (including phenoxy) is 2. The molecule has 0 aliphatic rings. The van der Waals surface area contributed by atoms with E-state index >= 15 is 0 Å². The Morgan fingerprint density at radius 3 is 2.28 bits per heavy atom. The highest BCUT2D eigenvalue weighted by molar-refractivity contribution is 7.89. The Bertz CT molecular complexity index is 928. The molecule has 3 N–H and O–H groups in total. The zero-order chi connectivity index (χ0) is 21.4. The highest BCUT2D eigenvalue weighted by Gasteiger charge is 2.15. The number of carbonyl (C=O) groups excluding carboxylic acids is 1. The number of nitrogens with one attached hydrogen (secondary N) is 2. The van der Waals surface area contributed by atoms with Crippen molar-refractivity contribution in [2.75, 3.05) is 27.0 Å². The minimum absolute atomic E-state index is 0.0113. The van der Waals surface area contributed by atoms with Gasteiger partial charge in [0, 0.05) is 24.9 Å². The van der Waals surface area contributed by atoms with Crippen molar-refractivity contribution in [2.45, 2.75) is 18.4 Å². The molecule has 29 heavy (non-hydrogen) atoms. The van der Waals surface area contributed by atoms with E-state index in [1.54, 1.807) is 42.5 Å². The average molecular weight is 423 g/mol. The van der Waals surface area contributed by atoms with Gasteiger partial charge in [0.1, 0.15) is 17.6 Å². The number of hydrogen-bond acceptors (Lipinski definition) is 6. The van der Waals surface area contributed by atoms with Gasteiger partial charge in [0.25, 0.3) is 0 Å². The van der Waals surface area contributed by atoms with Crippen LogP contribution in [0, 0.1) is 0 Å². The van der Waals surface area contributed by atoms with Gasteiger partial charge in [-0.3, -0.25) is 0 Å². The fourth-order valence-corrected chi connectivity index (χ4v) is 3.50. The summed E-state index contributed by atoms with van der Waals surface area (Å²) in [5.74, 6) is 1.05. The van der Waals surface area contributed by atoms with Gasteiger partial charge < -0.3 is 25.2 Å². The number of sulfone groups is 1. The van der Waals surface area contributed by atoms with Crippen LogP contribution >= 0.6 is 0 Å². The van der Waals surface area contributed by atoms with E-state index in [-0.39, 0.29) is 18.8 Å². The predicted molar refractivity (Wildman–Crippen MR) is 110 cm³/mol. The molecule has 0 saturated heterocycles. The average Bonchev–Trinajstić information content (AvgIpc) is 2.69. The van der Waals surface area contributed by atoms with Crippen LogP contribution in [0.3, 0.4) is 0 Å². The van der Waals surface area contributed by atoms with Gasteiger partial charge in [0.2, 0.25) is 0 Å². The highest BCUT2D eigenvalue weighted by Crippen LogP contribution is 2.29. The molecule has 9 heteroatoms. The Labute approximate surface area is 170 Å². The number of carbonyl (C=O) groups is 1. The Balaban J connectivity index is 1.85. The quantitative estimate of drug-likeness (QED) is 0.568. The van der Waals surface area contributed by atoms with Crippen LogP contribution in [-0.2, 0) is 22.1 Å². The summed E-state index contributed by atoms with van der Waals surface area (Å²) in [5, 5.41) is 15.7. The van der Waals surface area contributed by atoms with Gasteiger partial charge in [-0.25, -0.2) is 13.2 Å². The molecular weight excluding hydrogens is 396 g/mol. The van der Waals surface area contributed by atoms with E-state index in [1.807, 2.05) is 0 Å². The first-order valence-electron chi connectivity index (χ1n) is 8.89. The van der Waals surface area contributed by atoms with Gasteiger partial charge in [-0.15, -0.1) is 0 Å². The molecule has 2 rings (SSSR count). The monoisotopic (exact) mass is 422 g/mol. The predicted octanol–water partition coefficient (Wildman–Crippen LogP) is 1.78. The number of methoxy groups -OCH3 is 2. The highest BCUT2D eigenvalue weighted by atomic mass is 32.2. The molecule has 2 aromatic carbocycles. The van der Waals surface area contributed by atoms with Crippen LogP contribution in [0.1, 0.15) is 22.8 Å². The van der Waals surface area contributed by atoms with Crippen molar-refractivity contribution in [1.29, 1.82) is 0 Å². The molecule has 0 spiro atoms. The maximum Gasteiger partial charge on any atom is 0.315 e. The van der Waals surface area contributed by atoms with E-state index in [4.69, 9.17) is 9.47 Å². The van der Waals surface area contributed by atoms with Crippen LogP contribution in [0.25, 0.3) is 0 Å². The number of aliphatic hydroxyl groups is 1. The number of rotatable bonds is 9. The molecule has 0 aliphatic carbocycles. The molecule has 1 unspecified atom stereocenters. The van der Waals surface area contributed by atoms with Gasteiger partial charge in [0.05, 0.1) is 20.0 Å². The molecule has 2 amide bonds. The van der Waals surface area contributed by atoms with E-state index in [1.165, 1.54) is 20.5 Å². The third-order valence-electron chi connectivity index (χ3n) is 4.16. The van der Waals surface area contributed by atoms with Gasteiger partial charge in [0.15, 0.2) is 9.84 Å². The van der Waals surface area contributed by atoms with E-state index in [9.17, 15) is 18.3 Å². The molecule has 8 nitrogen and oxygen atoms in total. The molecule has 0 fully saturated rings. The van der Waals surface area contributed by atoms with Crippen molar-refractivity contribution >= 4 is 15.9 Å². The first kappa shape index (κ1) is 22.5. The van der Waals surface area contributed by atoms with Crippen LogP contribution in [0.5, 0.6) is 11.5 Å². The third-order valence-corrected chi connectivity index (χ3v) is 5.01. The molecule has 0 radical (unpaired) electrons. The molecule has 0 aliphatic heterocycles. The lowest BCUT2D eigenvalue weighted by atomic mass is 10.1. The second-order valence-electron chi connectivity index (χ2n) is 6.57. The first-order chi connectivity index (χ1) is 13.7. The van der Waals surface area contributed by atoms with Gasteiger partial charge >= 0.3 is 6.03 Å². The van der Waals surface area contributed by atoms with Crippen molar-refractivity contribution in [3.8, 4) is 11.5 Å². The largest absolute Gasteiger partial charge is 0.497 e. The molecule has 1 atom stereocenters.